The molecule has 0 radical (unpaired) electrons. The predicted molar refractivity (Wildman–Crippen MR) is 78.8 cm³/mol. The molecule has 1 aromatic heterocycles. The van der Waals surface area contributed by atoms with Gasteiger partial charge >= 0.3 is 7.12 Å². The number of nitrogens with one attached hydrogen (secondary N) is 1. The van der Waals surface area contributed by atoms with Gasteiger partial charge in [0.05, 0.1) is 17.4 Å². The third-order valence-electron chi connectivity index (χ3n) is 4.50. The summed E-state index contributed by atoms with van der Waals surface area (Å²) in [5.74, 6) is 0. The van der Waals surface area contributed by atoms with E-state index < -0.39 is 0 Å². The van der Waals surface area contributed by atoms with E-state index in [0.29, 0.717) is 0 Å². The van der Waals surface area contributed by atoms with Crippen molar-refractivity contribution >= 4 is 12.6 Å². The van der Waals surface area contributed by atoms with Crippen LogP contribution in [0.3, 0.4) is 0 Å². The third-order valence-corrected chi connectivity index (χ3v) is 4.50. The highest BCUT2D eigenvalue weighted by Crippen LogP contribution is 2.36. The minimum Gasteiger partial charge on any atom is -0.399 e. The average molecular weight is 278 g/mol. The van der Waals surface area contributed by atoms with Crippen LogP contribution in [0.4, 0.5) is 0 Å². The van der Waals surface area contributed by atoms with Gasteiger partial charge in [0, 0.05) is 37.8 Å². The zero-order valence-corrected chi connectivity index (χ0v) is 12.7. The Hall–Kier alpha value is -1.05. The first-order valence-corrected chi connectivity index (χ1v) is 7.25. The van der Waals surface area contributed by atoms with Gasteiger partial charge in [-0.2, -0.15) is 9.89 Å². The van der Waals surface area contributed by atoms with Crippen LogP contribution in [-0.4, -0.2) is 54.4 Å². The molecule has 110 valence electrons. The van der Waals surface area contributed by atoms with Crippen molar-refractivity contribution < 1.29 is 9.31 Å². The normalized spacial score (nSPS) is 25.2. The molecule has 2 fully saturated rings. The van der Waals surface area contributed by atoms with E-state index in [0.717, 1.165) is 31.6 Å². The number of hydrogen-bond donors (Lipinski definition) is 1. The van der Waals surface area contributed by atoms with E-state index in [1.165, 1.54) is 0 Å². The van der Waals surface area contributed by atoms with E-state index in [1.54, 1.807) is 0 Å². The summed E-state index contributed by atoms with van der Waals surface area (Å²) in [6, 6.07) is 0. The zero-order valence-electron chi connectivity index (χ0n) is 12.7. The van der Waals surface area contributed by atoms with Crippen molar-refractivity contribution in [2.24, 2.45) is 0 Å². The molecule has 3 rings (SSSR count). The highest BCUT2D eigenvalue weighted by molar-refractivity contribution is 6.62. The van der Waals surface area contributed by atoms with Crippen LogP contribution in [0.15, 0.2) is 12.4 Å². The van der Waals surface area contributed by atoms with Crippen molar-refractivity contribution in [3.05, 3.63) is 12.4 Å². The summed E-state index contributed by atoms with van der Waals surface area (Å²) in [4.78, 5) is 1.90. The van der Waals surface area contributed by atoms with E-state index >= 15 is 0 Å². The molecule has 0 aromatic carbocycles. The van der Waals surface area contributed by atoms with E-state index in [4.69, 9.17) is 9.31 Å². The van der Waals surface area contributed by atoms with Gasteiger partial charge in [-0.15, -0.1) is 0 Å². The smallest absolute Gasteiger partial charge is 0.399 e. The van der Waals surface area contributed by atoms with E-state index in [9.17, 15) is 0 Å². The Morgan fingerprint density at radius 2 is 1.75 bits per heavy atom. The lowest BCUT2D eigenvalue weighted by atomic mass is 9.82. The largest absolute Gasteiger partial charge is 0.498 e. The van der Waals surface area contributed by atoms with Gasteiger partial charge in [0.1, 0.15) is 0 Å². The Morgan fingerprint density at radius 3 is 2.35 bits per heavy atom. The van der Waals surface area contributed by atoms with Crippen LogP contribution in [0.1, 0.15) is 27.7 Å². The Kier molecular flexibility index (Phi) is 3.31. The van der Waals surface area contributed by atoms with Crippen LogP contribution in [-0.2, 0) is 9.31 Å². The quantitative estimate of drug-likeness (QED) is 0.754. The number of rotatable bonds is 2. The van der Waals surface area contributed by atoms with E-state index in [2.05, 4.69) is 43.1 Å². The van der Waals surface area contributed by atoms with Crippen LogP contribution in [0, 0.1) is 0 Å². The molecule has 3 heterocycles. The fourth-order valence-electron chi connectivity index (χ4n) is 2.44. The molecule has 7 heteroatoms. The number of hydrogen-bond acceptors (Lipinski definition) is 5. The van der Waals surface area contributed by atoms with Gasteiger partial charge in [-0.1, -0.05) is 0 Å². The molecule has 1 aromatic rings. The second-order valence-corrected chi connectivity index (χ2v) is 6.49. The van der Waals surface area contributed by atoms with Gasteiger partial charge in [0.25, 0.3) is 0 Å². The topological polar surface area (TPSA) is 51.5 Å². The van der Waals surface area contributed by atoms with Crippen molar-refractivity contribution in [2.75, 3.05) is 31.2 Å². The maximum Gasteiger partial charge on any atom is 0.498 e. The van der Waals surface area contributed by atoms with Crippen LogP contribution in [0.25, 0.3) is 0 Å². The molecular formula is C13H23BN4O2. The maximum atomic E-state index is 6.04. The first-order valence-electron chi connectivity index (χ1n) is 7.25. The van der Waals surface area contributed by atoms with Crippen LogP contribution < -0.4 is 15.8 Å². The Balaban J connectivity index is 1.74. The van der Waals surface area contributed by atoms with Gasteiger partial charge in [-0.25, -0.2) is 0 Å². The lowest BCUT2D eigenvalue weighted by molar-refractivity contribution is 0.00578. The highest BCUT2D eigenvalue weighted by atomic mass is 16.7. The molecule has 0 amide bonds. The minimum atomic E-state index is -0.336. The molecule has 2 aliphatic rings. The molecule has 2 aliphatic heterocycles. The monoisotopic (exact) mass is 278 g/mol. The summed E-state index contributed by atoms with van der Waals surface area (Å²) in [5.41, 5.74) is 0.353. The first-order chi connectivity index (χ1) is 9.39. The molecule has 6 nitrogen and oxygen atoms in total. The average Bonchev–Trinajstić information content (AvgIpc) is 2.94. The van der Waals surface area contributed by atoms with Gasteiger partial charge in [-0.3, -0.25) is 5.01 Å². The van der Waals surface area contributed by atoms with Crippen molar-refractivity contribution in [2.45, 2.75) is 38.9 Å². The van der Waals surface area contributed by atoms with Crippen molar-refractivity contribution in [1.29, 1.82) is 0 Å². The standard InChI is InChI=1S/C13H23BN4O2/c1-12(2)13(3,4)20-14(19-12)11-9-16-18(10-11)17-7-5-15-6-8-17/h9-10,15H,5-8H2,1-4H3. The lowest BCUT2D eigenvalue weighted by Crippen LogP contribution is -2.49. The Bertz CT molecular complexity index is 466. The molecule has 0 unspecified atom stereocenters. The first kappa shape index (κ1) is 13.9. The Morgan fingerprint density at radius 1 is 1.15 bits per heavy atom. The molecule has 0 spiro atoms. The SMILES string of the molecule is CC1(C)OB(c2cnn(N3CCNCC3)c2)OC1(C)C. The summed E-state index contributed by atoms with van der Waals surface area (Å²) in [7, 11) is -0.336. The highest BCUT2D eigenvalue weighted by Gasteiger charge is 2.52. The van der Waals surface area contributed by atoms with Crippen LogP contribution >= 0.6 is 0 Å². The fourth-order valence-corrected chi connectivity index (χ4v) is 2.44. The lowest BCUT2D eigenvalue weighted by Gasteiger charge is -2.32. The fraction of sp³-hybridized carbons (Fsp3) is 0.769. The third kappa shape index (κ3) is 2.34. The van der Waals surface area contributed by atoms with Crippen molar-refractivity contribution in [3.63, 3.8) is 0 Å². The van der Waals surface area contributed by atoms with Gasteiger partial charge in [0.15, 0.2) is 0 Å². The second-order valence-electron chi connectivity index (χ2n) is 6.49. The summed E-state index contributed by atoms with van der Waals surface area (Å²) in [6.07, 6.45) is 3.84. The van der Waals surface area contributed by atoms with Crippen LogP contribution in [0.5, 0.6) is 0 Å². The summed E-state index contributed by atoms with van der Waals surface area (Å²) >= 11 is 0. The molecule has 20 heavy (non-hydrogen) atoms. The summed E-state index contributed by atoms with van der Waals surface area (Å²) in [6.45, 7) is 12.2. The summed E-state index contributed by atoms with van der Waals surface area (Å²) < 4.78 is 12.1. The molecule has 0 aliphatic carbocycles. The number of piperazine rings is 1. The van der Waals surface area contributed by atoms with Crippen molar-refractivity contribution in [1.82, 2.24) is 15.2 Å². The molecule has 0 atom stereocenters. The molecule has 1 N–H and O–H groups in total. The second kappa shape index (κ2) is 4.75. The zero-order chi connectivity index (χ0) is 14.4. The molecular weight excluding hydrogens is 255 g/mol. The van der Waals surface area contributed by atoms with Crippen LogP contribution in [0.2, 0.25) is 0 Å². The molecule has 0 bridgehead atoms. The maximum absolute atomic E-state index is 6.04. The minimum absolute atomic E-state index is 0.311. The Labute approximate surface area is 120 Å². The van der Waals surface area contributed by atoms with E-state index in [-0.39, 0.29) is 18.3 Å². The molecule has 0 saturated carbocycles. The van der Waals surface area contributed by atoms with Gasteiger partial charge < -0.3 is 14.6 Å². The van der Waals surface area contributed by atoms with E-state index in [1.807, 2.05) is 17.2 Å². The van der Waals surface area contributed by atoms with Gasteiger partial charge in [-0.05, 0) is 27.7 Å². The number of nitrogens with zero attached hydrogens (tertiary/aromatic N) is 3. The number of aromatic nitrogens is 2. The predicted octanol–water partition coefficient (Wildman–Crippen LogP) is -0.276. The summed E-state index contributed by atoms with van der Waals surface area (Å²) in [5, 5.41) is 9.98. The molecule has 2 saturated heterocycles. The van der Waals surface area contributed by atoms with Crippen molar-refractivity contribution in [3.8, 4) is 0 Å². The van der Waals surface area contributed by atoms with Gasteiger partial charge in [0.2, 0.25) is 0 Å².